The van der Waals surface area contributed by atoms with Crippen LogP contribution in [0.25, 0.3) is 0 Å². The average molecular weight is 233 g/mol. The molecule has 0 bridgehead atoms. The Bertz CT molecular complexity index is 420. The lowest BCUT2D eigenvalue weighted by molar-refractivity contribution is -0.145. The molecule has 1 aromatic rings. The Morgan fingerprint density at radius 1 is 1.41 bits per heavy atom. The molecule has 92 valence electrons. The zero-order valence-corrected chi connectivity index (χ0v) is 10.1. The molecule has 1 aliphatic rings. The monoisotopic (exact) mass is 233 g/mol. The number of hydrogen-bond acceptors (Lipinski definition) is 2. The summed E-state index contributed by atoms with van der Waals surface area (Å²) in [6.45, 7) is 1.99. The van der Waals surface area contributed by atoms with E-state index < -0.39 is 11.4 Å². The van der Waals surface area contributed by atoms with Crippen LogP contribution >= 0.6 is 0 Å². The molecule has 0 radical (unpaired) electrons. The van der Waals surface area contributed by atoms with Crippen molar-refractivity contribution in [2.24, 2.45) is 5.73 Å². The number of aliphatic carboxylic acids is 1. The molecule has 1 aliphatic carbocycles. The zero-order chi connectivity index (χ0) is 12.5. The number of nitrogens with two attached hydrogens (primary N) is 1. The number of rotatable bonds is 2. The molecule has 3 heteroatoms. The summed E-state index contributed by atoms with van der Waals surface area (Å²) in [5, 5.41) is 9.58. The number of hydrogen-bond donors (Lipinski definition) is 2. The summed E-state index contributed by atoms with van der Waals surface area (Å²) in [5.74, 6) is -0.713. The first-order chi connectivity index (χ1) is 8.04. The maximum absolute atomic E-state index is 11.7. The van der Waals surface area contributed by atoms with Gasteiger partial charge in [0.15, 0.2) is 0 Å². The quantitative estimate of drug-likeness (QED) is 0.823. The molecule has 0 saturated heterocycles. The first-order valence-electron chi connectivity index (χ1n) is 6.11. The lowest BCUT2D eigenvalue weighted by Crippen LogP contribution is -2.42. The third kappa shape index (κ3) is 2.20. The molecule has 0 amide bonds. The Morgan fingerprint density at radius 3 is 2.59 bits per heavy atom. The lowest BCUT2D eigenvalue weighted by atomic mass is 9.68. The molecule has 1 saturated carbocycles. The predicted octanol–water partition coefficient (Wildman–Crippen LogP) is 2.22. The fraction of sp³-hybridized carbons (Fsp3) is 0.500. The van der Waals surface area contributed by atoms with Gasteiger partial charge in [0.25, 0.3) is 0 Å². The highest BCUT2D eigenvalue weighted by atomic mass is 16.4. The van der Waals surface area contributed by atoms with Crippen LogP contribution in [0.15, 0.2) is 24.3 Å². The van der Waals surface area contributed by atoms with Gasteiger partial charge in [-0.2, -0.15) is 0 Å². The number of aryl methyl sites for hydroxylation is 1. The highest BCUT2D eigenvalue weighted by molar-refractivity contribution is 5.81. The molecule has 0 unspecified atom stereocenters. The zero-order valence-electron chi connectivity index (χ0n) is 10.1. The number of carboxylic acids is 1. The van der Waals surface area contributed by atoms with Crippen LogP contribution in [0.1, 0.15) is 36.8 Å². The molecular formula is C14H19NO2. The van der Waals surface area contributed by atoms with Gasteiger partial charge in [0.2, 0.25) is 0 Å². The van der Waals surface area contributed by atoms with Crippen LogP contribution in [0, 0.1) is 6.92 Å². The standard InChI is InChI=1S/C14H19NO2/c1-10-3-2-4-11(9-10)14(13(16)17)7-5-12(15)6-8-14/h2-4,9,12H,5-8,15H2,1H3,(H,16,17). The van der Waals surface area contributed by atoms with Crippen molar-refractivity contribution in [1.29, 1.82) is 0 Å². The Morgan fingerprint density at radius 2 is 2.06 bits per heavy atom. The molecule has 1 aromatic carbocycles. The summed E-state index contributed by atoms with van der Waals surface area (Å²) in [4.78, 5) is 11.7. The topological polar surface area (TPSA) is 63.3 Å². The van der Waals surface area contributed by atoms with Gasteiger partial charge in [-0.05, 0) is 38.2 Å². The molecule has 17 heavy (non-hydrogen) atoms. The minimum atomic E-state index is -0.720. The van der Waals surface area contributed by atoms with E-state index in [1.807, 2.05) is 31.2 Å². The average Bonchev–Trinajstić information content (AvgIpc) is 2.30. The summed E-state index contributed by atoms with van der Waals surface area (Å²) in [6.07, 6.45) is 2.88. The van der Waals surface area contributed by atoms with E-state index in [4.69, 9.17) is 5.73 Å². The van der Waals surface area contributed by atoms with Gasteiger partial charge < -0.3 is 10.8 Å². The van der Waals surface area contributed by atoms with Gasteiger partial charge in [-0.25, -0.2) is 0 Å². The molecule has 3 N–H and O–H groups in total. The van der Waals surface area contributed by atoms with Gasteiger partial charge >= 0.3 is 5.97 Å². The molecular weight excluding hydrogens is 214 g/mol. The Hall–Kier alpha value is -1.35. The van der Waals surface area contributed by atoms with Crippen LogP contribution < -0.4 is 5.73 Å². The van der Waals surface area contributed by atoms with Crippen molar-refractivity contribution in [3.05, 3.63) is 35.4 Å². The first-order valence-corrected chi connectivity index (χ1v) is 6.11. The van der Waals surface area contributed by atoms with Gasteiger partial charge in [0.05, 0.1) is 5.41 Å². The minimum absolute atomic E-state index is 0.160. The summed E-state index contributed by atoms with van der Waals surface area (Å²) < 4.78 is 0. The summed E-state index contributed by atoms with van der Waals surface area (Å²) in [7, 11) is 0. The third-order valence-corrected chi connectivity index (χ3v) is 3.86. The van der Waals surface area contributed by atoms with Crippen LogP contribution in [0.2, 0.25) is 0 Å². The third-order valence-electron chi connectivity index (χ3n) is 3.86. The van der Waals surface area contributed by atoms with Crippen LogP contribution in [-0.4, -0.2) is 17.1 Å². The Balaban J connectivity index is 2.38. The van der Waals surface area contributed by atoms with Crippen LogP contribution in [0.3, 0.4) is 0 Å². The molecule has 0 aliphatic heterocycles. The molecule has 0 heterocycles. The van der Waals surface area contributed by atoms with Gasteiger partial charge in [-0.3, -0.25) is 4.79 Å². The van der Waals surface area contributed by atoms with E-state index in [2.05, 4.69) is 0 Å². The van der Waals surface area contributed by atoms with Crippen molar-refractivity contribution in [2.75, 3.05) is 0 Å². The van der Waals surface area contributed by atoms with E-state index >= 15 is 0 Å². The second-order valence-electron chi connectivity index (χ2n) is 5.09. The second-order valence-corrected chi connectivity index (χ2v) is 5.09. The lowest BCUT2D eigenvalue weighted by Gasteiger charge is -2.36. The Kier molecular flexibility index (Phi) is 3.20. The molecule has 2 rings (SSSR count). The van der Waals surface area contributed by atoms with E-state index in [9.17, 15) is 9.90 Å². The van der Waals surface area contributed by atoms with E-state index in [-0.39, 0.29) is 6.04 Å². The largest absolute Gasteiger partial charge is 0.481 e. The molecule has 0 atom stereocenters. The summed E-state index contributed by atoms with van der Waals surface area (Å²) >= 11 is 0. The van der Waals surface area contributed by atoms with Crippen LogP contribution in [-0.2, 0) is 10.2 Å². The van der Waals surface area contributed by atoms with Gasteiger partial charge in [-0.1, -0.05) is 29.8 Å². The van der Waals surface area contributed by atoms with Crippen LogP contribution in [0.5, 0.6) is 0 Å². The van der Waals surface area contributed by atoms with Crippen molar-refractivity contribution in [2.45, 2.75) is 44.1 Å². The van der Waals surface area contributed by atoms with Crippen molar-refractivity contribution >= 4 is 5.97 Å². The highest BCUT2D eigenvalue weighted by Gasteiger charge is 2.42. The van der Waals surface area contributed by atoms with E-state index in [1.54, 1.807) is 0 Å². The number of carboxylic acid groups (broad SMARTS) is 1. The van der Waals surface area contributed by atoms with E-state index in [1.165, 1.54) is 0 Å². The first kappa shape index (κ1) is 12.1. The predicted molar refractivity (Wildman–Crippen MR) is 66.9 cm³/mol. The fourth-order valence-electron chi connectivity index (χ4n) is 2.70. The molecule has 0 spiro atoms. The maximum Gasteiger partial charge on any atom is 0.314 e. The van der Waals surface area contributed by atoms with E-state index in [0.29, 0.717) is 12.8 Å². The van der Waals surface area contributed by atoms with Crippen molar-refractivity contribution < 1.29 is 9.90 Å². The number of carbonyl (C=O) groups is 1. The van der Waals surface area contributed by atoms with Crippen molar-refractivity contribution in [3.63, 3.8) is 0 Å². The van der Waals surface area contributed by atoms with Crippen molar-refractivity contribution in [1.82, 2.24) is 0 Å². The maximum atomic E-state index is 11.7. The fourth-order valence-corrected chi connectivity index (χ4v) is 2.70. The molecule has 3 nitrogen and oxygen atoms in total. The van der Waals surface area contributed by atoms with Crippen LogP contribution in [0.4, 0.5) is 0 Å². The minimum Gasteiger partial charge on any atom is -0.481 e. The summed E-state index contributed by atoms with van der Waals surface area (Å²) in [5.41, 5.74) is 7.19. The molecule has 0 aromatic heterocycles. The normalized spacial score (nSPS) is 28.9. The highest BCUT2D eigenvalue weighted by Crippen LogP contribution is 2.39. The van der Waals surface area contributed by atoms with Gasteiger partial charge in [0, 0.05) is 6.04 Å². The van der Waals surface area contributed by atoms with Gasteiger partial charge in [-0.15, -0.1) is 0 Å². The van der Waals surface area contributed by atoms with Gasteiger partial charge in [0.1, 0.15) is 0 Å². The Labute approximate surface area is 102 Å². The smallest absolute Gasteiger partial charge is 0.314 e. The summed E-state index contributed by atoms with van der Waals surface area (Å²) in [6, 6.07) is 8.01. The molecule has 1 fully saturated rings. The van der Waals surface area contributed by atoms with Crippen molar-refractivity contribution in [3.8, 4) is 0 Å². The SMILES string of the molecule is Cc1cccc(C2(C(=O)O)CCC(N)CC2)c1. The second kappa shape index (κ2) is 4.49. The van der Waals surface area contributed by atoms with E-state index in [0.717, 1.165) is 24.0 Å². The number of benzene rings is 1.